The first-order valence-electron chi connectivity index (χ1n) is 3.71. The van der Waals surface area contributed by atoms with Crippen molar-refractivity contribution in [2.24, 2.45) is 11.7 Å². The third-order valence-corrected chi connectivity index (χ3v) is 1.83. The molecule has 1 heterocycles. The second-order valence-electron chi connectivity index (χ2n) is 2.66. The first-order chi connectivity index (χ1) is 4.43. The highest BCUT2D eigenvalue weighted by molar-refractivity contribution is 5.85. The third kappa shape index (κ3) is 3.40. The molecule has 3 heteroatoms. The van der Waals surface area contributed by atoms with E-state index in [-0.39, 0.29) is 12.4 Å². The Morgan fingerprint density at radius 3 is 2.80 bits per heavy atom. The summed E-state index contributed by atoms with van der Waals surface area (Å²) in [7, 11) is 0. The van der Waals surface area contributed by atoms with E-state index in [9.17, 15) is 0 Å². The van der Waals surface area contributed by atoms with Crippen LogP contribution in [0.2, 0.25) is 0 Å². The fourth-order valence-corrected chi connectivity index (χ4v) is 1.27. The van der Waals surface area contributed by atoms with Gasteiger partial charge in [-0.15, -0.1) is 12.4 Å². The summed E-state index contributed by atoms with van der Waals surface area (Å²) in [6, 6.07) is 0. The van der Waals surface area contributed by atoms with Crippen LogP contribution in [0.25, 0.3) is 0 Å². The average Bonchev–Trinajstić information content (AvgIpc) is 1.91. The van der Waals surface area contributed by atoms with E-state index in [1.165, 1.54) is 12.8 Å². The van der Waals surface area contributed by atoms with Crippen molar-refractivity contribution in [1.82, 2.24) is 0 Å². The Kier molecular flexibility index (Phi) is 6.08. The highest BCUT2D eigenvalue weighted by Crippen LogP contribution is 2.15. The number of rotatable bonds is 2. The second kappa shape index (κ2) is 5.96. The molecule has 0 bridgehead atoms. The quantitative estimate of drug-likeness (QED) is 0.667. The molecular formula is C7H16ClNO. The van der Waals surface area contributed by atoms with Crippen LogP contribution in [0.3, 0.4) is 0 Å². The summed E-state index contributed by atoms with van der Waals surface area (Å²) in [6.07, 6.45) is 3.68. The maximum Gasteiger partial charge on any atom is 0.0494 e. The Morgan fingerprint density at radius 2 is 2.30 bits per heavy atom. The van der Waals surface area contributed by atoms with Crippen molar-refractivity contribution in [3.63, 3.8) is 0 Å². The second-order valence-corrected chi connectivity index (χ2v) is 2.66. The van der Waals surface area contributed by atoms with Gasteiger partial charge in [-0.25, -0.2) is 0 Å². The van der Waals surface area contributed by atoms with Gasteiger partial charge in [-0.2, -0.15) is 0 Å². The van der Waals surface area contributed by atoms with E-state index in [1.807, 2.05) is 0 Å². The Hall–Kier alpha value is 0.210. The fraction of sp³-hybridized carbons (Fsp3) is 1.00. The molecule has 1 fully saturated rings. The van der Waals surface area contributed by atoms with E-state index in [2.05, 4.69) is 0 Å². The zero-order valence-electron chi connectivity index (χ0n) is 6.21. The van der Waals surface area contributed by atoms with Crippen molar-refractivity contribution in [3.8, 4) is 0 Å². The maximum absolute atomic E-state index is 5.40. The van der Waals surface area contributed by atoms with E-state index in [4.69, 9.17) is 10.5 Å². The van der Waals surface area contributed by atoms with Crippen molar-refractivity contribution in [3.05, 3.63) is 0 Å². The predicted octanol–water partition coefficient (Wildman–Crippen LogP) is 1.18. The number of halogens is 1. The molecule has 0 aromatic rings. The van der Waals surface area contributed by atoms with Crippen LogP contribution in [-0.2, 0) is 4.74 Å². The summed E-state index contributed by atoms with van der Waals surface area (Å²) >= 11 is 0. The van der Waals surface area contributed by atoms with Gasteiger partial charge in [0.1, 0.15) is 0 Å². The molecule has 0 aliphatic carbocycles. The predicted molar refractivity (Wildman–Crippen MR) is 44.5 cm³/mol. The molecule has 2 nitrogen and oxygen atoms in total. The third-order valence-electron chi connectivity index (χ3n) is 1.83. The summed E-state index contributed by atoms with van der Waals surface area (Å²) in [5, 5.41) is 0. The van der Waals surface area contributed by atoms with Gasteiger partial charge >= 0.3 is 0 Å². The van der Waals surface area contributed by atoms with Gasteiger partial charge in [0, 0.05) is 13.2 Å². The Labute approximate surface area is 68.5 Å². The lowest BCUT2D eigenvalue weighted by molar-refractivity contribution is 0.0526. The van der Waals surface area contributed by atoms with E-state index in [0.29, 0.717) is 0 Å². The fourth-order valence-electron chi connectivity index (χ4n) is 1.27. The van der Waals surface area contributed by atoms with Crippen molar-refractivity contribution >= 4 is 12.4 Å². The SMILES string of the molecule is Cl.NCCC1CCCOC1. The molecule has 0 amide bonds. The molecule has 1 aliphatic rings. The zero-order chi connectivity index (χ0) is 6.53. The van der Waals surface area contributed by atoms with E-state index in [0.717, 1.165) is 32.1 Å². The van der Waals surface area contributed by atoms with E-state index < -0.39 is 0 Å². The van der Waals surface area contributed by atoms with Gasteiger partial charge in [0.25, 0.3) is 0 Å². The summed E-state index contributed by atoms with van der Waals surface area (Å²) in [5.74, 6) is 0.753. The lowest BCUT2D eigenvalue weighted by Crippen LogP contribution is -2.19. The number of hydrogen-bond donors (Lipinski definition) is 1. The van der Waals surface area contributed by atoms with Crippen LogP contribution in [0.15, 0.2) is 0 Å². The highest BCUT2D eigenvalue weighted by Gasteiger charge is 2.11. The van der Waals surface area contributed by atoms with Crippen LogP contribution >= 0.6 is 12.4 Å². The molecule has 1 aliphatic heterocycles. The summed E-state index contributed by atoms with van der Waals surface area (Å²) in [4.78, 5) is 0. The first kappa shape index (κ1) is 10.2. The van der Waals surface area contributed by atoms with E-state index in [1.54, 1.807) is 0 Å². The minimum atomic E-state index is 0. The molecule has 1 rings (SSSR count). The van der Waals surface area contributed by atoms with Crippen molar-refractivity contribution in [2.75, 3.05) is 19.8 Å². The first-order valence-corrected chi connectivity index (χ1v) is 3.71. The van der Waals surface area contributed by atoms with Crippen LogP contribution in [0.1, 0.15) is 19.3 Å². The lowest BCUT2D eigenvalue weighted by atomic mass is 9.99. The monoisotopic (exact) mass is 165 g/mol. The molecule has 62 valence electrons. The van der Waals surface area contributed by atoms with Crippen molar-refractivity contribution in [1.29, 1.82) is 0 Å². The minimum absolute atomic E-state index is 0. The van der Waals surface area contributed by atoms with Gasteiger partial charge in [-0.3, -0.25) is 0 Å². The Balaban J connectivity index is 0.000000810. The van der Waals surface area contributed by atoms with Gasteiger partial charge in [-0.05, 0) is 31.7 Å². The molecule has 0 aromatic heterocycles. The molecule has 1 atom stereocenters. The summed E-state index contributed by atoms with van der Waals surface area (Å²) < 4.78 is 5.28. The van der Waals surface area contributed by atoms with Gasteiger partial charge in [-0.1, -0.05) is 0 Å². The van der Waals surface area contributed by atoms with Gasteiger partial charge in [0.15, 0.2) is 0 Å². The van der Waals surface area contributed by atoms with Gasteiger partial charge in [0.2, 0.25) is 0 Å². The molecule has 0 saturated carbocycles. The molecule has 1 saturated heterocycles. The topological polar surface area (TPSA) is 35.2 Å². The Morgan fingerprint density at radius 1 is 1.50 bits per heavy atom. The number of ether oxygens (including phenoxy) is 1. The zero-order valence-corrected chi connectivity index (χ0v) is 7.03. The molecule has 2 N–H and O–H groups in total. The van der Waals surface area contributed by atoms with Crippen LogP contribution < -0.4 is 5.73 Å². The smallest absolute Gasteiger partial charge is 0.0494 e. The summed E-state index contributed by atoms with van der Waals surface area (Å²) in [5.41, 5.74) is 5.40. The molecule has 1 unspecified atom stereocenters. The lowest BCUT2D eigenvalue weighted by Gasteiger charge is -2.20. The van der Waals surface area contributed by atoms with Crippen LogP contribution in [-0.4, -0.2) is 19.8 Å². The molecule has 10 heavy (non-hydrogen) atoms. The van der Waals surface area contributed by atoms with Crippen LogP contribution in [0.4, 0.5) is 0 Å². The molecular weight excluding hydrogens is 150 g/mol. The average molecular weight is 166 g/mol. The van der Waals surface area contributed by atoms with Gasteiger partial charge < -0.3 is 10.5 Å². The minimum Gasteiger partial charge on any atom is -0.381 e. The van der Waals surface area contributed by atoms with Crippen molar-refractivity contribution < 1.29 is 4.74 Å². The van der Waals surface area contributed by atoms with Crippen molar-refractivity contribution in [2.45, 2.75) is 19.3 Å². The molecule has 0 radical (unpaired) electrons. The molecule has 0 aromatic carbocycles. The van der Waals surface area contributed by atoms with Gasteiger partial charge in [0.05, 0.1) is 0 Å². The number of hydrogen-bond acceptors (Lipinski definition) is 2. The largest absolute Gasteiger partial charge is 0.381 e. The highest BCUT2D eigenvalue weighted by atomic mass is 35.5. The van der Waals surface area contributed by atoms with Crippen LogP contribution in [0.5, 0.6) is 0 Å². The number of nitrogens with two attached hydrogens (primary N) is 1. The molecule has 0 spiro atoms. The summed E-state index contributed by atoms with van der Waals surface area (Å²) in [6.45, 7) is 2.71. The standard InChI is InChI=1S/C7H15NO.ClH/c8-4-3-7-2-1-5-9-6-7;/h7H,1-6,8H2;1H. The normalized spacial score (nSPS) is 25.5. The van der Waals surface area contributed by atoms with E-state index >= 15 is 0 Å². The van der Waals surface area contributed by atoms with Crippen LogP contribution in [0, 0.1) is 5.92 Å². The maximum atomic E-state index is 5.40. The Bertz CT molecular complexity index is 71.3.